The Hall–Kier alpha value is -2.44. The molecule has 0 spiro atoms. The summed E-state index contributed by atoms with van der Waals surface area (Å²) in [6.45, 7) is 4.15. The van der Waals surface area contributed by atoms with E-state index in [9.17, 15) is 24.6 Å². The highest BCUT2D eigenvalue weighted by Crippen LogP contribution is 2.51. The molecule has 4 rings (SSSR count). The summed E-state index contributed by atoms with van der Waals surface area (Å²) in [6.07, 6.45) is 0.416. The van der Waals surface area contributed by atoms with Gasteiger partial charge in [-0.3, -0.25) is 9.59 Å². The van der Waals surface area contributed by atoms with Crippen LogP contribution in [0.2, 0.25) is 0 Å². The van der Waals surface area contributed by atoms with Gasteiger partial charge in [-0.05, 0) is 13.3 Å². The number of carboxylic acid groups (broad SMARTS) is 1. The van der Waals surface area contributed by atoms with Gasteiger partial charge in [0.05, 0.1) is 18.1 Å². The maximum atomic E-state index is 12.5. The molecular weight excluding hydrogens is 438 g/mol. The molecule has 1 aromatic rings. The number of aliphatic carboxylic acids is 1. The molecule has 2 unspecified atom stereocenters. The minimum Gasteiger partial charge on any atom is -0.477 e. The van der Waals surface area contributed by atoms with E-state index >= 15 is 0 Å². The number of thioether (sulfide) groups is 1. The molecule has 2 amide bonds. The Balaban J connectivity index is 1.42. The molecule has 174 valence electrons. The van der Waals surface area contributed by atoms with Crippen LogP contribution in [0.5, 0.6) is 0 Å². The van der Waals surface area contributed by atoms with E-state index in [0.717, 1.165) is 6.42 Å². The van der Waals surface area contributed by atoms with Crippen LogP contribution in [0.4, 0.5) is 0 Å². The molecule has 3 aliphatic rings. The zero-order chi connectivity index (χ0) is 23.3. The fourth-order valence-electron chi connectivity index (χ4n) is 4.72. The third-order valence-electron chi connectivity index (χ3n) is 6.27. The Kier molecular flexibility index (Phi) is 6.03. The van der Waals surface area contributed by atoms with Gasteiger partial charge < -0.3 is 29.9 Å². The van der Waals surface area contributed by atoms with Gasteiger partial charge >= 0.3 is 17.8 Å². The molecule has 0 saturated carbocycles. The van der Waals surface area contributed by atoms with Gasteiger partial charge in [-0.2, -0.15) is 4.98 Å². The SMILES string of the molecule is C[C@@H](O)C1C(=O)N2C(C(=O)O)=C(S[C@@H]3CN[C@H](Cc4noc(C(=O)N(C)C)n4)C3)[C@H](C)C12. The fourth-order valence-corrected chi connectivity index (χ4v) is 6.24. The Bertz CT molecular complexity index is 975. The van der Waals surface area contributed by atoms with E-state index in [4.69, 9.17) is 4.52 Å². The summed E-state index contributed by atoms with van der Waals surface area (Å²) in [5, 5.41) is 27.1. The minimum absolute atomic E-state index is 0.0443. The summed E-state index contributed by atoms with van der Waals surface area (Å²) >= 11 is 1.49. The van der Waals surface area contributed by atoms with E-state index in [1.54, 1.807) is 21.0 Å². The normalized spacial score (nSPS) is 30.3. The predicted octanol–water partition coefficient (Wildman–Crippen LogP) is -0.0687. The van der Waals surface area contributed by atoms with Crippen LogP contribution >= 0.6 is 11.8 Å². The van der Waals surface area contributed by atoms with Crippen LogP contribution in [0.3, 0.4) is 0 Å². The molecule has 6 atom stereocenters. The summed E-state index contributed by atoms with van der Waals surface area (Å²) < 4.78 is 5.04. The summed E-state index contributed by atoms with van der Waals surface area (Å²) in [5.41, 5.74) is 0.0443. The minimum atomic E-state index is -1.12. The van der Waals surface area contributed by atoms with E-state index in [-0.39, 0.29) is 46.7 Å². The van der Waals surface area contributed by atoms with Crippen molar-refractivity contribution in [1.82, 2.24) is 25.3 Å². The lowest BCUT2D eigenvalue weighted by Gasteiger charge is -2.46. The fraction of sp³-hybridized carbons (Fsp3) is 0.650. The van der Waals surface area contributed by atoms with Gasteiger partial charge in [0.15, 0.2) is 5.82 Å². The molecule has 0 aromatic carbocycles. The van der Waals surface area contributed by atoms with E-state index in [1.165, 1.54) is 21.6 Å². The molecule has 0 aliphatic carbocycles. The molecule has 2 fully saturated rings. The number of aliphatic hydroxyl groups excluding tert-OH is 1. The van der Waals surface area contributed by atoms with Crippen molar-refractivity contribution in [2.45, 2.75) is 50.1 Å². The van der Waals surface area contributed by atoms with Crippen LogP contribution in [0.1, 0.15) is 36.8 Å². The zero-order valence-electron chi connectivity index (χ0n) is 18.3. The first-order chi connectivity index (χ1) is 15.1. The standard InChI is InChI=1S/C20H27N5O6S/c1-8-14-13(9(2)26)18(27)25(14)15(20(29)30)16(8)32-11-5-10(21-7-11)6-12-22-17(31-23-12)19(28)24(3)4/h8-11,13-14,21,26H,5-7H2,1-4H3,(H,29,30)/t8-,9-,10+,11+,13?,14?/m1/s1. The molecule has 3 N–H and O–H groups in total. The average molecular weight is 466 g/mol. The highest BCUT2D eigenvalue weighted by atomic mass is 32.2. The maximum Gasteiger partial charge on any atom is 0.353 e. The van der Waals surface area contributed by atoms with Crippen molar-refractivity contribution in [3.8, 4) is 0 Å². The molecule has 11 nitrogen and oxygen atoms in total. The van der Waals surface area contributed by atoms with Crippen LogP contribution in [-0.4, -0.2) is 92.0 Å². The van der Waals surface area contributed by atoms with Crippen LogP contribution in [0, 0.1) is 11.8 Å². The zero-order valence-corrected chi connectivity index (χ0v) is 19.1. The largest absolute Gasteiger partial charge is 0.477 e. The number of hydrogen-bond acceptors (Lipinski definition) is 9. The second-order valence-corrected chi connectivity index (χ2v) is 10.1. The molecule has 12 heteroatoms. The monoisotopic (exact) mass is 465 g/mol. The van der Waals surface area contributed by atoms with E-state index in [2.05, 4.69) is 15.5 Å². The molecule has 1 aromatic heterocycles. The van der Waals surface area contributed by atoms with Gasteiger partial charge in [-0.15, -0.1) is 11.8 Å². The number of carbonyl (C=O) groups is 3. The molecule has 2 saturated heterocycles. The first kappa shape index (κ1) is 22.7. The Morgan fingerprint density at radius 3 is 2.75 bits per heavy atom. The summed E-state index contributed by atoms with van der Waals surface area (Å²) in [4.78, 5) is 43.9. The van der Waals surface area contributed by atoms with Crippen LogP contribution in [0.25, 0.3) is 0 Å². The third-order valence-corrected chi connectivity index (χ3v) is 7.78. The van der Waals surface area contributed by atoms with Gasteiger partial charge in [0.1, 0.15) is 5.70 Å². The number of amides is 2. The van der Waals surface area contributed by atoms with Gasteiger partial charge in [0, 0.05) is 49.2 Å². The van der Waals surface area contributed by atoms with Gasteiger partial charge in [0.25, 0.3) is 0 Å². The number of nitrogens with zero attached hydrogens (tertiary/aromatic N) is 4. The number of carbonyl (C=O) groups excluding carboxylic acids is 2. The van der Waals surface area contributed by atoms with Crippen LogP contribution < -0.4 is 5.32 Å². The lowest BCUT2D eigenvalue weighted by molar-refractivity contribution is -0.163. The summed E-state index contributed by atoms with van der Waals surface area (Å²) in [7, 11) is 3.22. The van der Waals surface area contributed by atoms with E-state index < -0.39 is 18.0 Å². The molecule has 3 aliphatic heterocycles. The van der Waals surface area contributed by atoms with Crippen molar-refractivity contribution in [3.63, 3.8) is 0 Å². The first-order valence-electron chi connectivity index (χ1n) is 10.5. The number of fused-ring (bicyclic) bond motifs is 1. The van der Waals surface area contributed by atoms with Crippen LogP contribution in [-0.2, 0) is 16.0 Å². The van der Waals surface area contributed by atoms with Crippen molar-refractivity contribution in [1.29, 1.82) is 0 Å². The number of hydrogen-bond donors (Lipinski definition) is 3. The smallest absolute Gasteiger partial charge is 0.353 e. The predicted molar refractivity (Wildman–Crippen MR) is 113 cm³/mol. The van der Waals surface area contributed by atoms with Gasteiger partial charge in [-0.1, -0.05) is 12.1 Å². The molecule has 32 heavy (non-hydrogen) atoms. The Labute approximate surface area is 189 Å². The maximum absolute atomic E-state index is 12.5. The molecule has 4 heterocycles. The third kappa shape index (κ3) is 3.80. The molecule has 0 radical (unpaired) electrons. The summed E-state index contributed by atoms with van der Waals surface area (Å²) in [6, 6.07) is -0.255. The Morgan fingerprint density at radius 2 is 2.12 bits per heavy atom. The second kappa shape index (κ2) is 8.49. The van der Waals surface area contributed by atoms with E-state index in [1.807, 2.05) is 6.92 Å². The quantitative estimate of drug-likeness (QED) is 0.467. The second-order valence-electron chi connectivity index (χ2n) is 8.77. The summed E-state index contributed by atoms with van der Waals surface area (Å²) in [5.74, 6) is -2.13. The van der Waals surface area contributed by atoms with Gasteiger partial charge in [0.2, 0.25) is 5.91 Å². The number of aliphatic hydroxyl groups is 1. The number of nitrogens with one attached hydrogen (secondary N) is 1. The van der Waals surface area contributed by atoms with Crippen molar-refractivity contribution < 1.29 is 29.1 Å². The molecular formula is C20H27N5O6S. The lowest BCUT2D eigenvalue weighted by Crippen LogP contribution is -2.63. The number of rotatable bonds is 7. The number of β-lactam (4-membered cyclic amide) rings is 1. The van der Waals surface area contributed by atoms with Crippen molar-refractivity contribution in [2.24, 2.45) is 11.8 Å². The average Bonchev–Trinajstić information content (AvgIpc) is 3.41. The van der Waals surface area contributed by atoms with E-state index in [0.29, 0.717) is 23.7 Å². The number of carboxylic acids is 1. The van der Waals surface area contributed by atoms with Crippen molar-refractivity contribution in [3.05, 3.63) is 22.3 Å². The number of aromatic nitrogens is 2. The first-order valence-corrected chi connectivity index (χ1v) is 11.4. The topological polar surface area (TPSA) is 149 Å². The highest BCUT2D eigenvalue weighted by Gasteiger charge is 2.60. The van der Waals surface area contributed by atoms with Crippen molar-refractivity contribution >= 4 is 29.5 Å². The van der Waals surface area contributed by atoms with Crippen molar-refractivity contribution in [2.75, 3.05) is 20.6 Å². The Morgan fingerprint density at radius 1 is 1.41 bits per heavy atom. The molecule has 0 bridgehead atoms. The highest BCUT2D eigenvalue weighted by molar-refractivity contribution is 8.03. The van der Waals surface area contributed by atoms with Crippen LogP contribution in [0.15, 0.2) is 15.1 Å². The van der Waals surface area contributed by atoms with Gasteiger partial charge in [-0.25, -0.2) is 4.79 Å². The lowest BCUT2D eigenvalue weighted by atomic mass is 9.79.